The van der Waals surface area contributed by atoms with Gasteiger partial charge in [-0.05, 0) is 35.9 Å². The summed E-state index contributed by atoms with van der Waals surface area (Å²) < 4.78 is 16.3. The van der Waals surface area contributed by atoms with E-state index >= 15 is 0 Å². The Kier molecular flexibility index (Phi) is 5.00. The van der Waals surface area contributed by atoms with Crippen molar-refractivity contribution in [1.82, 2.24) is 0 Å². The summed E-state index contributed by atoms with van der Waals surface area (Å²) in [6.45, 7) is 0.401. The van der Waals surface area contributed by atoms with Crippen LogP contribution in [0.25, 0.3) is 6.08 Å². The number of fused-ring (bicyclic) bond motifs is 1. The first kappa shape index (κ1) is 16.6. The lowest BCUT2D eigenvalue weighted by molar-refractivity contribution is 0.103. The van der Waals surface area contributed by atoms with Gasteiger partial charge in [-0.2, -0.15) is 5.26 Å². The fraction of sp³-hybridized carbons (Fsp3) is 0.200. The van der Waals surface area contributed by atoms with E-state index in [0.717, 1.165) is 5.56 Å². The number of hydrogen-bond donors (Lipinski definition) is 0. The number of nitriles is 1. The highest BCUT2D eigenvalue weighted by atomic mass is 16.5. The average Bonchev–Trinajstić information content (AvgIpc) is 2.80. The molecule has 0 amide bonds. The summed E-state index contributed by atoms with van der Waals surface area (Å²) >= 11 is 0. The van der Waals surface area contributed by atoms with Crippen LogP contribution >= 0.6 is 0 Å². The van der Waals surface area contributed by atoms with Gasteiger partial charge < -0.3 is 14.2 Å². The SMILES string of the molecule is COc1cc(/C=C2/CCOc3ccccc3C2=O)ccc1OCC#N. The average molecular weight is 335 g/mol. The monoisotopic (exact) mass is 335 g/mol. The molecule has 2 aromatic carbocycles. The Morgan fingerprint density at radius 1 is 1.24 bits per heavy atom. The number of Topliss-reactive ketones (excluding diaryl/α,β-unsaturated/α-hetero) is 1. The molecule has 0 N–H and O–H groups in total. The molecule has 0 aromatic heterocycles. The van der Waals surface area contributed by atoms with Gasteiger partial charge in [0.05, 0.1) is 19.3 Å². The molecule has 0 atom stereocenters. The van der Waals surface area contributed by atoms with Gasteiger partial charge in [0.15, 0.2) is 23.9 Å². The number of methoxy groups -OCH3 is 1. The van der Waals surface area contributed by atoms with Crippen LogP contribution in [0.5, 0.6) is 17.2 Å². The zero-order valence-electron chi connectivity index (χ0n) is 13.8. The number of nitrogens with zero attached hydrogens (tertiary/aromatic N) is 1. The van der Waals surface area contributed by atoms with E-state index in [1.807, 2.05) is 30.3 Å². The lowest BCUT2D eigenvalue weighted by atomic mass is 9.99. The number of ether oxygens (including phenoxy) is 3. The molecule has 25 heavy (non-hydrogen) atoms. The van der Waals surface area contributed by atoms with Gasteiger partial charge in [-0.25, -0.2) is 0 Å². The minimum absolute atomic E-state index is 0.0307. The minimum Gasteiger partial charge on any atom is -0.493 e. The van der Waals surface area contributed by atoms with E-state index in [-0.39, 0.29) is 12.4 Å². The van der Waals surface area contributed by atoms with Crippen LogP contribution < -0.4 is 14.2 Å². The van der Waals surface area contributed by atoms with Gasteiger partial charge in [-0.15, -0.1) is 0 Å². The lowest BCUT2D eigenvalue weighted by Gasteiger charge is -2.09. The molecule has 0 fully saturated rings. The van der Waals surface area contributed by atoms with E-state index in [9.17, 15) is 4.79 Å². The summed E-state index contributed by atoms with van der Waals surface area (Å²) in [4.78, 5) is 12.8. The smallest absolute Gasteiger partial charge is 0.192 e. The first-order valence-electron chi connectivity index (χ1n) is 7.88. The second-order valence-corrected chi connectivity index (χ2v) is 5.45. The maximum absolute atomic E-state index is 12.8. The fourth-order valence-electron chi connectivity index (χ4n) is 2.68. The molecule has 0 saturated heterocycles. The summed E-state index contributed by atoms with van der Waals surface area (Å²) in [6, 6.07) is 14.5. The van der Waals surface area contributed by atoms with Crippen molar-refractivity contribution in [2.24, 2.45) is 0 Å². The second-order valence-electron chi connectivity index (χ2n) is 5.45. The third-order valence-electron chi connectivity index (χ3n) is 3.87. The quantitative estimate of drug-likeness (QED) is 0.798. The summed E-state index contributed by atoms with van der Waals surface area (Å²) in [7, 11) is 1.53. The summed E-state index contributed by atoms with van der Waals surface area (Å²) in [5, 5.41) is 8.62. The lowest BCUT2D eigenvalue weighted by Crippen LogP contribution is -2.02. The number of carbonyl (C=O) groups excluding carboxylic acids is 1. The molecule has 0 bridgehead atoms. The molecule has 5 heteroatoms. The highest BCUT2D eigenvalue weighted by Crippen LogP contribution is 2.31. The Morgan fingerprint density at radius 3 is 2.88 bits per heavy atom. The Morgan fingerprint density at radius 2 is 2.08 bits per heavy atom. The van der Waals surface area contributed by atoms with Crippen LogP contribution in [0.4, 0.5) is 0 Å². The molecule has 1 heterocycles. The molecule has 1 aliphatic rings. The molecule has 3 rings (SSSR count). The van der Waals surface area contributed by atoms with E-state index in [4.69, 9.17) is 19.5 Å². The van der Waals surface area contributed by atoms with Crippen molar-refractivity contribution in [2.45, 2.75) is 6.42 Å². The third-order valence-corrected chi connectivity index (χ3v) is 3.87. The Hall–Kier alpha value is -3.26. The van der Waals surface area contributed by atoms with E-state index in [0.29, 0.717) is 41.4 Å². The Balaban J connectivity index is 1.92. The summed E-state index contributed by atoms with van der Waals surface area (Å²) in [5.74, 6) is 1.60. The van der Waals surface area contributed by atoms with Crippen LogP contribution in [0, 0.1) is 11.3 Å². The highest BCUT2D eigenvalue weighted by molar-refractivity contribution is 6.13. The van der Waals surface area contributed by atoms with Crippen LogP contribution in [0.1, 0.15) is 22.3 Å². The van der Waals surface area contributed by atoms with Gasteiger partial charge in [0.25, 0.3) is 0 Å². The van der Waals surface area contributed by atoms with Gasteiger partial charge in [-0.1, -0.05) is 18.2 Å². The van der Waals surface area contributed by atoms with Gasteiger partial charge in [0.2, 0.25) is 0 Å². The Bertz CT molecular complexity index is 864. The molecule has 0 radical (unpaired) electrons. The topological polar surface area (TPSA) is 68.6 Å². The van der Waals surface area contributed by atoms with Gasteiger partial charge in [0.1, 0.15) is 11.8 Å². The number of rotatable bonds is 4. The molecular weight excluding hydrogens is 318 g/mol. The molecule has 126 valence electrons. The molecule has 0 unspecified atom stereocenters. The van der Waals surface area contributed by atoms with Crippen LogP contribution in [-0.2, 0) is 0 Å². The predicted molar refractivity (Wildman–Crippen MR) is 93.0 cm³/mol. The summed E-state index contributed by atoms with van der Waals surface area (Å²) in [5.41, 5.74) is 2.08. The van der Waals surface area contributed by atoms with Gasteiger partial charge in [0, 0.05) is 12.0 Å². The Labute approximate surface area is 146 Å². The fourth-order valence-corrected chi connectivity index (χ4v) is 2.68. The van der Waals surface area contributed by atoms with E-state index in [1.54, 1.807) is 24.3 Å². The molecule has 2 aromatic rings. The standard InChI is InChI=1S/C20H17NO4/c1-23-19-13-14(6-7-18(19)25-11-9-21)12-15-8-10-24-17-5-3-2-4-16(17)20(15)22/h2-7,12-13H,8,10-11H2,1H3/b15-12-. The van der Waals surface area contributed by atoms with E-state index in [2.05, 4.69) is 0 Å². The number of hydrogen-bond acceptors (Lipinski definition) is 5. The van der Waals surface area contributed by atoms with Crippen molar-refractivity contribution < 1.29 is 19.0 Å². The van der Waals surface area contributed by atoms with Gasteiger partial charge in [-0.3, -0.25) is 4.79 Å². The third kappa shape index (κ3) is 3.64. The van der Waals surface area contributed by atoms with E-state index in [1.165, 1.54) is 7.11 Å². The van der Waals surface area contributed by atoms with Crippen molar-refractivity contribution in [3.63, 3.8) is 0 Å². The second kappa shape index (κ2) is 7.54. The molecule has 1 aliphatic heterocycles. The first-order valence-corrected chi connectivity index (χ1v) is 7.88. The van der Waals surface area contributed by atoms with Crippen molar-refractivity contribution in [3.8, 4) is 23.3 Å². The van der Waals surface area contributed by atoms with Crippen LogP contribution in [0.15, 0.2) is 48.0 Å². The largest absolute Gasteiger partial charge is 0.493 e. The predicted octanol–water partition coefficient (Wildman–Crippen LogP) is 3.65. The van der Waals surface area contributed by atoms with Crippen LogP contribution in [0.3, 0.4) is 0 Å². The zero-order chi connectivity index (χ0) is 17.6. The first-order chi connectivity index (χ1) is 12.2. The van der Waals surface area contributed by atoms with Crippen molar-refractivity contribution in [3.05, 3.63) is 59.2 Å². The number of benzene rings is 2. The number of para-hydroxylation sites is 1. The highest BCUT2D eigenvalue weighted by Gasteiger charge is 2.20. The number of carbonyl (C=O) groups is 1. The molecule has 0 spiro atoms. The minimum atomic E-state index is -0.0522. The van der Waals surface area contributed by atoms with Crippen LogP contribution in [0.2, 0.25) is 0 Å². The normalized spacial score (nSPS) is 14.9. The summed E-state index contributed by atoms with van der Waals surface area (Å²) in [6.07, 6.45) is 2.37. The van der Waals surface area contributed by atoms with Gasteiger partial charge >= 0.3 is 0 Å². The maximum Gasteiger partial charge on any atom is 0.192 e. The van der Waals surface area contributed by atoms with Crippen molar-refractivity contribution in [1.29, 1.82) is 5.26 Å². The van der Waals surface area contributed by atoms with Crippen molar-refractivity contribution in [2.75, 3.05) is 20.3 Å². The maximum atomic E-state index is 12.8. The van der Waals surface area contributed by atoms with E-state index < -0.39 is 0 Å². The molecular formula is C20H17NO4. The number of ketones is 1. The van der Waals surface area contributed by atoms with Crippen molar-refractivity contribution >= 4 is 11.9 Å². The van der Waals surface area contributed by atoms with Crippen LogP contribution in [-0.4, -0.2) is 26.1 Å². The molecule has 5 nitrogen and oxygen atoms in total. The molecule has 0 saturated carbocycles. The molecule has 0 aliphatic carbocycles. The zero-order valence-corrected chi connectivity index (χ0v) is 13.8.